The third kappa shape index (κ3) is 10.8. The van der Waals surface area contributed by atoms with Gasteiger partial charge in [-0.15, -0.1) is 0 Å². The fourth-order valence-electron chi connectivity index (χ4n) is 16.3. The minimum absolute atomic E-state index is 0.0735. The van der Waals surface area contributed by atoms with Crippen molar-refractivity contribution < 1.29 is 61.6 Å². The van der Waals surface area contributed by atoms with Gasteiger partial charge in [0.15, 0.2) is 16.3 Å². The molecule has 8 aromatic rings. The van der Waals surface area contributed by atoms with Gasteiger partial charge in [-0.1, -0.05) is 268 Å². The number of likely N-dealkylation sites (N-methyl/N-ethyl adjacent to an activating group) is 2. The molecule has 1 unspecified atom stereocenters. The molecule has 26 heteroatoms. The van der Waals surface area contributed by atoms with E-state index in [1.54, 1.807) is 56.3 Å². The van der Waals surface area contributed by atoms with E-state index in [2.05, 4.69) is 5.32 Å². The maximum absolute atomic E-state index is 17.5. The molecule has 6 aliphatic heterocycles. The number of rotatable bonds is 23. The van der Waals surface area contributed by atoms with Crippen molar-refractivity contribution in [2.45, 2.75) is 101 Å². The summed E-state index contributed by atoms with van der Waals surface area (Å²) in [4.78, 5) is 112. The summed E-state index contributed by atoms with van der Waals surface area (Å²) in [5.74, 6) is -8.37. The Morgan fingerprint density at radius 2 is 0.894 bits per heavy atom. The molecule has 0 aromatic heterocycles. The monoisotopic (exact) mass is 1530 g/mol. The topological polar surface area (TPSA) is 236 Å². The van der Waals surface area contributed by atoms with Gasteiger partial charge in [-0.2, -0.15) is 0 Å². The molecule has 0 bridgehead atoms. The SMILES string of the molecule is CC(=O)OC[C@@]1(OC(=O)C(C)C)C(=O)N2[C@H]3N(S(=O)[O-])c4ccccc4[C@@]3([C@]34C[C@]5(SSSC(c6ccccc6)(c6ccccc6)c6ccccc6)C(=O)N(C)[C@](CO)(OC(=O)C(C)C)C(=O)N5[C@H]3Nc3ccccc34)C[C@]2(SSSC(c2ccccc2)(c2ccccc2)c2ccccc2)C(=O)N1C. The number of carbonyl (C=O) groups is 7. The molecule has 0 radical (unpaired) electrons. The Kier molecular flexibility index (Phi) is 19.5. The van der Waals surface area contributed by atoms with Crippen molar-refractivity contribution in [3.8, 4) is 0 Å². The average molecular weight is 1530 g/mol. The minimum Gasteiger partial charge on any atom is -0.755 e. The van der Waals surface area contributed by atoms with Gasteiger partial charge in [0, 0.05) is 50.8 Å². The first-order valence-corrected chi connectivity index (χ1v) is 41.7. The molecule has 536 valence electrons. The summed E-state index contributed by atoms with van der Waals surface area (Å²) in [6, 6.07) is 72.9. The number of aliphatic hydroxyl groups is 1. The Morgan fingerprint density at radius 1 is 0.529 bits per heavy atom. The lowest BCUT2D eigenvalue weighted by Gasteiger charge is -2.54. The molecule has 14 rings (SSSR count). The predicted molar refractivity (Wildman–Crippen MR) is 408 cm³/mol. The summed E-state index contributed by atoms with van der Waals surface area (Å²) in [5.41, 5.74) is -3.11. The second kappa shape index (κ2) is 27.9. The molecular weight excluding hydrogens is 1450 g/mol. The number of anilines is 2. The van der Waals surface area contributed by atoms with Gasteiger partial charge in [0.1, 0.15) is 28.4 Å². The van der Waals surface area contributed by atoms with Crippen LogP contribution in [0.25, 0.3) is 0 Å². The van der Waals surface area contributed by atoms with Crippen LogP contribution < -0.4 is 9.62 Å². The van der Waals surface area contributed by atoms with Gasteiger partial charge in [-0.3, -0.25) is 61.7 Å². The Bertz CT molecular complexity index is 4490. The van der Waals surface area contributed by atoms with Crippen LogP contribution in [0.2, 0.25) is 0 Å². The Hall–Kier alpha value is -8.18. The standard InChI is InChI=1S/C78H74N6O13S7/c1-50(2)63(87)96-73(48-85)67(89)82-65-71(59-42-26-28-44-61(59)79-65,46-75(82,69(91)80(73)6)98-102-100-77(53-30-14-8-15-31-53,54-32-16-9-17-33-54)55-34-18-10-19-35-55)72-47-76(99-103-101-78(56-36-20-11-21-37-56,57-38-22-12-23-39-57)58-40-24-13-25-41-58)70(92)81(7)74(49-95-52(5)86,97-64(88)51(3)4)68(90)83(76)66(72)84(104(93)94)62-45-29-27-43-60(62)72/h8-45,50-51,65-66,79,85H,46-49H2,1-7H3,(H,93,94)/p-1/t65-,66+,71+,72+,73-,74-,75+,76+/m1/s1. The smallest absolute Gasteiger partial charge is 0.311 e. The summed E-state index contributed by atoms with van der Waals surface area (Å²) in [6.07, 6.45) is -4.34. The number of nitrogens with zero attached hydrogens (tertiary/aromatic N) is 5. The highest BCUT2D eigenvalue weighted by Gasteiger charge is 2.87. The van der Waals surface area contributed by atoms with E-state index in [4.69, 9.17) is 14.2 Å². The fourth-order valence-corrected chi connectivity index (χ4v) is 29.4. The molecule has 9 atom stereocenters. The van der Waals surface area contributed by atoms with Gasteiger partial charge in [0.25, 0.3) is 29.4 Å². The van der Waals surface area contributed by atoms with E-state index >= 15 is 27.9 Å². The van der Waals surface area contributed by atoms with E-state index < -0.39 is 145 Å². The lowest BCUT2D eigenvalue weighted by atomic mass is 9.54. The van der Waals surface area contributed by atoms with Crippen LogP contribution in [-0.4, -0.2) is 136 Å². The number of esters is 3. The summed E-state index contributed by atoms with van der Waals surface area (Å²) in [7, 11) is 9.87. The molecule has 0 spiro atoms. The van der Waals surface area contributed by atoms with Crippen LogP contribution in [0.5, 0.6) is 0 Å². The van der Waals surface area contributed by atoms with Crippen LogP contribution in [0.4, 0.5) is 11.4 Å². The van der Waals surface area contributed by atoms with Crippen molar-refractivity contribution in [2.75, 3.05) is 36.9 Å². The number of nitrogens with one attached hydrogen (secondary N) is 1. The molecule has 6 heterocycles. The van der Waals surface area contributed by atoms with Crippen LogP contribution in [0.3, 0.4) is 0 Å². The molecule has 4 fully saturated rings. The van der Waals surface area contributed by atoms with Gasteiger partial charge in [0.2, 0.25) is 0 Å². The molecule has 4 amide bonds. The highest BCUT2D eigenvalue weighted by molar-refractivity contribution is 9.10. The largest absolute Gasteiger partial charge is 0.755 e. The van der Waals surface area contributed by atoms with Crippen molar-refractivity contribution in [3.05, 3.63) is 275 Å². The van der Waals surface area contributed by atoms with E-state index in [-0.39, 0.29) is 11.3 Å². The second-order valence-corrected chi connectivity index (χ2v) is 36.8. The molecular formula is C78H73N6O13S7-. The molecule has 8 aromatic carbocycles. The molecule has 19 nitrogen and oxygen atoms in total. The molecule has 0 saturated carbocycles. The number of amides is 4. The van der Waals surface area contributed by atoms with Crippen molar-refractivity contribution >= 4 is 127 Å². The fraction of sp³-hybridized carbons (Fsp3) is 0.295. The first kappa shape index (κ1) is 72.8. The number of benzene rings is 8. The highest BCUT2D eigenvalue weighted by atomic mass is 33.5. The lowest BCUT2D eigenvalue weighted by molar-refractivity contribution is -0.223. The maximum Gasteiger partial charge on any atom is 0.311 e. The number of hydrogen-bond acceptors (Lipinski definition) is 20. The number of fused-ring (bicyclic) bond motifs is 11. The van der Waals surface area contributed by atoms with Crippen LogP contribution in [0.1, 0.15) is 92.0 Å². The van der Waals surface area contributed by atoms with E-state index in [1.165, 1.54) is 79.0 Å². The third-order valence-corrected chi connectivity index (χ3v) is 32.0. The number of hydrogen-bond donors (Lipinski definition) is 2. The summed E-state index contributed by atoms with van der Waals surface area (Å²) < 4.78 is 48.0. The van der Waals surface area contributed by atoms with E-state index in [9.17, 15) is 19.5 Å². The van der Waals surface area contributed by atoms with Crippen LogP contribution in [0, 0.1) is 11.8 Å². The Morgan fingerprint density at radius 3 is 1.31 bits per heavy atom. The number of para-hydroxylation sites is 2. The number of ether oxygens (including phenoxy) is 3. The zero-order valence-corrected chi connectivity index (χ0v) is 63.2. The zero-order valence-electron chi connectivity index (χ0n) is 57.5. The van der Waals surface area contributed by atoms with E-state index in [1.807, 2.05) is 188 Å². The quantitative estimate of drug-likeness (QED) is 0.0199. The molecule has 2 N–H and O–H groups in total. The van der Waals surface area contributed by atoms with Crippen LogP contribution in [-0.2, 0) is 79.4 Å². The van der Waals surface area contributed by atoms with Crippen molar-refractivity contribution in [3.63, 3.8) is 0 Å². The van der Waals surface area contributed by atoms with Crippen molar-refractivity contribution in [2.24, 2.45) is 11.8 Å². The maximum atomic E-state index is 17.5. The average Bonchev–Trinajstić information content (AvgIpc) is 1.45. The van der Waals surface area contributed by atoms with Gasteiger partial charge < -0.3 is 29.2 Å². The second-order valence-electron chi connectivity index (χ2n) is 27.2. The van der Waals surface area contributed by atoms with Crippen LogP contribution in [0.15, 0.2) is 231 Å². The number of piperazine rings is 2. The number of carbonyl (C=O) groups excluding carboxylic acids is 7. The Balaban J connectivity index is 1.05. The first-order chi connectivity index (χ1) is 50.0. The molecule has 104 heavy (non-hydrogen) atoms. The van der Waals surface area contributed by atoms with E-state index in [0.29, 0.717) is 11.3 Å². The summed E-state index contributed by atoms with van der Waals surface area (Å²) in [6.45, 7) is 5.04. The van der Waals surface area contributed by atoms with Gasteiger partial charge >= 0.3 is 23.6 Å². The van der Waals surface area contributed by atoms with Crippen molar-refractivity contribution in [1.29, 1.82) is 0 Å². The first-order valence-electron chi connectivity index (χ1n) is 33.7. The highest BCUT2D eigenvalue weighted by Crippen LogP contribution is 2.78. The Labute approximate surface area is 628 Å². The van der Waals surface area contributed by atoms with Gasteiger partial charge in [0.05, 0.1) is 28.4 Å². The zero-order chi connectivity index (χ0) is 73.4. The normalized spacial score (nSPS) is 25.6. The minimum atomic E-state index is -3.39. The third-order valence-electron chi connectivity index (χ3n) is 21.1. The van der Waals surface area contributed by atoms with Crippen LogP contribution >= 0.6 is 62.8 Å². The summed E-state index contributed by atoms with van der Waals surface area (Å²) in [5, 5.41) is 15.7. The van der Waals surface area contributed by atoms with Gasteiger partial charge in [-0.05, 0) is 97.9 Å². The van der Waals surface area contributed by atoms with Gasteiger partial charge in [-0.25, -0.2) is 0 Å². The van der Waals surface area contributed by atoms with Crippen molar-refractivity contribution in [1.82, 2.24) is 19.6 Å². The number of aliphatic hydroxyl groups excluding tert-OH is 1. The molecule has 0 aliphatic carbocycles. The van der Waals surface area contributed by atoms with E-state index in [0.717, 1.165) is 76.0 Å². The lowest BCUT2D eigenvalue weighted by Crippen LogP contribution is -2.78. The molecule has 6 aliphatic rings. The summed E-state index contributed by atoms with van der Waals surface area (Å²) >= 11 is -3.39. The predicted octanol–water partition coefficient (Wildman–Crippen LogP) is 12.7. The molecule has 4 saturated heterocycles.